The van der Waals surface area contributed by atoms with Crippen LogP contribution in [0.15, 0.2) is 24.3 Å². The molecule has 0 aromatic heterocycles. The van der Waals surface area contributed by atoms with Gasteiger partial charge in [-0.2, -0.15) is 0 Å². The van der Waals surface area contributed by atoms with E-state index in [0.29, 0.717) is 5.92 Å². The third kappa shape index (κ3) is 3.27. The lowest BCUT2D eigenvalue weighted by molar-refractivity contribution is 0.00494. The van der Waals surface area contributed by atoms with E-state index in [1.54, 1.807) is 0 Å². The van der Waals surface area contributed by atoms with Gasteiger partial charge in [-0.05, 0) is 50.7 Å². The summed E-state index contributed by atoms with van der Waals surface area (Å²) < 4.78 is 5.60. The fourth-order valence-electron chi connectivity index (χ4n) is 3.56. The summed E-state index contributed by atoms with van der Waals surface area (Å²) in [7, 11) is 0. The van der Waals surface area contributed by atoms with Crippen LogP contribution in [0, 0.1) is 5.92 Å². The van der Waals surface area contributed by atoms with Crippen molar-refractivity contribution in [3.05, 3.63) is 35.4 Å². The van der Waals surface area contributed by atoms with Crippen LogP contribution in [0.25, 0.3) is 0 Å². The lowest BCUT2D eigenvalue weighted by Crippen LogP contribution is -2.57. The van der Waals surface area contributed by atoms with E-state index in [1.807, 2.05) is 25.7 Å². The van der Waals surface area contributed by atoms with Crippen LogP contribution in [-0.4, -0.2) is 42.3 Å². The maximum atomic E-state index is 12.5. The minimum atomic E-state index is -0.439. The average Bonchev–Trinajstić information content (AvgIpc) is 2.89. The van der Waals surface area contributed by atoms with Crippen LogP contribution in [-0.2, 0) is 17.6 Å². The second-order valence-corrected chi connectivity index (χ2v) is 7.38. The predicted octanol–water partition coefficient (Wildman–Crippen LogP) is 2.61. The number of nitrogens with zero attached hydrogens (tertiary/aromatic N) is 1. The highest BCUT2D eigenvalue weighted by molar-refractivity contribution is 5.69. The Kier molecular flexibility index (Phi) is 4.13. The molecular weight excluding hydrogens is 276 g/mol. The molecule has 1 atom stereocenters. The van der Waals surface area contributed by atoms with Crippen LogP contribution >= 0.6 is 0 Å². The molecule has 1 heterocycles. The Morgan fingerprint density at radius 3 is 2.45 bits per heavy atom. The van der Waals surface area contributed by atoms with E-state index in [4.69, 9.17) is 4.74 Å². The smallest absolute Gasteiger partial charge is 0.410 e. The predicted molar refractivity (Wildman–Crippen MR) is 86.9 cm³/mol. The van der Waals surface area contributed by atoms with Gasteiger partial charge in [0.2, 0.25) is 0 Å². The summed E-state index contributed by atoms with van der Waals surface area (Å²) in [6.45, 7) is 8.20. The van der Waals surface area contributed by atoms with E-state index >= 15 is 0 Å². The summed E-state index contributed by atoms with van der Waals surface area (Å²) in [6.07, 6.45) is 1.94. The van der Waals surface area contributed by atoms with Crippen molar-refractivity contribution in [3.63, 3.8) is 0 Å². The van der Waals surface area contributed by atoms with Gasteiger partial charge in [-0.15, -0.1) is 0 Å². The molecule has 1 aromatic rings. The quantitative estimate of drug-likeness (QED) is 0.867. The number of hydrogen-bond acceptors (Lipinski definition) is 3. The number of carbonyl (C=O) groups excluding carboxylic acids is 1. The standard InChI is InChI=1S/C18H26N2O2/c1-18(2,3)22-17(21)20-9-8-19-12-16(20)15-10-13-6-4-5-7-14(13)11-15/h4-7,15-16,19H,8-12H2,1-3H3. The Morgan fingerprint density at radius 2 is 1.86 bits per heavy atom. The summed E-state index contributed by atoms with van der Waals surface area (Å²) in [5, 5.41) is 3.44. The SMILES string of the molecule is CC(C)(C)OC(=O)N1CCNCC1C1Cc2ccccc2C1. The minimum Gasteiger partial charge on any atom is -0.444 e. The average molecular weight is 302 g/mol. The zero-order valence-electron chi connectivity index (χ0n) is 13.8. The molecule has 3 rings (SSSR count). The number of amides is 1. The third-order valence-corrected chi connectivity index (χ3v) is 4.54. The molecule has 0 radical (unpaired) electrons. The molecule has 1 amide bonds. The van der Waals surface area contributed by atoms with Gasteiger partial charge in [0.25, 0.3) is 0 Å². The Morgan fingerprint density at radius 1 is 1.23 bits per heavy atom. The Hall–Kier alpha value is -1.55. The lowest BCUT2D eigenvalue weighted by Gasteiger charge is -2.40. The first-order chi connectivity index (χ1) is 10.4. The van der Waals surface area contributed by atoms with Gasteiger partial charge in [0.1, 0.15) is 5.60 Å². The summed E-state index contributed by atoms with van der Waals surface area (Å²) in [4.78, 5) is 14.5. The van der Waals surface area contributed by atoms with Crippen molar-refractivity contribution in [1.82, 2.24) is 10.2 Å². The van der Waals surface area contributed by atoms with E-state index in [9.17, 15) is 4.79 Å². The van der Waals surface area contributed by atoms with E-state index in [0.717, 1.165) is 32.5 Å². The Balaban J connectivity index is 1.73. The van der Waals surface area contributed by atoms with Gasteiger partial charge in [-0.1, -0.05) is 24.3 Å². The Labute approximate surface area is 132 Å². The number of rotatable bonds is 1. The van der Waals surface area contributed by atoms with Crippen molar-refractivity contribution in [1.29, 1.82) is 0 Å². The van der Waals surface area contributed by atoms with Crippen LogP contribution in [0.4, 0.5) is 4.79 Å². The zero-order chi connectivity index (χ0) is 15.7. The van der Waals surface area contributed by atoms with Crippen LogP contribution in [0.5, 0.6) is 0 Å². The lowest BCUT2D eigenvalue weighted by atomic mass is 9.94. The van der Waals surface area contributed by atoms with Gasteiger partial charge in [-0.3, -0.25) is 0 Å². The normalized spacial score (nSPS) is 22.5. The van der Waals surface area contributed by atoms with Crippen molar-refractivity contribution in [2.45, 2.75) is 45.3 Å². The van der Waals surface area contributed by atoms with Crippen molar-refractivity contribution in [2.75, 3.05) is 19.6 Å². The van der Waals surface area contributed by atoms with Crippen LogP contribution in [0.1, 0.15) is 31.9 Å². The first kappa shape index (κ1) is 15.3. The number of ether oxygens (including phenoxy) is 1. The molecule has 1 fully saturated rings. The van der Waals surface area contributed by atoms with Gasteiger partial charge in [0.15, 0.2) is 0 Å². The Bertz CT molecular complexity index is 525. The maximum Gasteiger partial charge on any atom is 0.410 e. The molecule has 4 nitrogen and oxygen atoms in total. The molecule has 120 valence electrons. The number of piperazine rings is 1. The van der Waals surface area contributed by atoms with E-state index < -0.39 is 5.60 Å². The molecule has 2 aliphatic rings. The van der Waals surface area contributed by atoms with Crippen molar-refractivity contribution < 1.29 is 9.53 Å². The number of nitrogens with one attached hydrogen (secondary N) is 1. The second kappa shape index (κ2) is 5.92. The molecule has 1 unspecified atom stereocenters. The summed E-state index contributed by atoms with van der Waals surface area (Å²) in [5.41, 5.74) is 2.43. The van der Waals surface area contributed by atoms with E-state index in [1.165, 1.54) is 11.1 Å². The second-order valence-electron chi connectivity index (χ2n) is 7.38. The molecule has 22 heavy (non-hydrogen) atoms. The number of carbonyl (C=O) groups is 1. The largest absolute Gasteiger partial charge is 0.444 e. The topological polar surface area (TPSA) is 41.6 Å². The van der Waals surface area contributed by atoms with Gasteiger partial charge in [-0.25, -0.2) is 4.79 Å². The molecule has 1 N–H and O–H groups in total. The molecule has 0 spiro atoms. The fourth-order valence-corrected chi connectivity index (χ4v) is 3.56. The molecule has 0 bridgehead atoms. The van der Waals surface area contributed by atoms with Crippen LogP contribution in [0.3, 0.4) is 0 Å². The number of benzene rings is 1. The van der Waals surface area contributed by atoms with Crippen LogP contribution in [0.2, 0.25) is 0 Å². The van der Waals surface area contributed by atoms with Crippen molar-refractivity contribution >= 4 is 6.09 Å². The molecule has 1 aliphatic heterocycles. The molecule has 4 heteroatoms. The number of hydrogen-bond donors (Lipinski definition) is 1. The maximum absolute atomic E-state index is 12.5. The van der Waals surface area contributed by atoms with Crippen molar-refractivity contribution in [3.8, 4) is 0 Å². The minimum absolute atomic E-state index is 0.171. The number of fused-ring (bicyclic) bond motifs is 1. The van der Waals surface area contributed by atoms with Gasteiger partial charge < -0.3 is 15.0 Å². The third-order valence-electron chi connectivity index (χ3n) is 4.54. The van der Waals surface area contributed by atoms with E-state index in [-0.39, 0.29) is 12.1 Å². The summed E-state index contributed by atoms with van der Waals surface area (Å²) in [5.74, 6) is 0.484. The fraction of sp³-hybridized carbons (Fsp3) is 0.611. The van der Waals surface area contributed by atoms with Gasteiger partial charge in [0, 0.05) is 19.6 Å². The van der Waals surface area contributed by atoms with E-state index in [2.05, 4.69) is 29.6 Å². The highest BCUT2D eigenvalue weighted by Gasteiger charge is 2.37. The molecular formula is C18H26N2O2. The van der Waals surface area contributed by atoms with Gasteiger partial charge >= 0.3 is 6.09 Å². The first-order valence-corrected chi connectivity index (χ1v) is 8.21. The molecule has 1 saturated heterocycles. The molecule has 1 aliphatic carbocycles. The highest BCUT2D eigenvalue weighted by atomic mass is 16.6. The van der Waals surface area contributed by atoms with Crippen molar-refractivity contribution in [2.24, 2.45) is 5.92 Å². The van der Waals surface area contributed by atoms with Crippen LogP contribution < -0.4 is 5.32 Å². The zero-order valence-corrected chi connectivity index (χ0v) is 13.8. The highest BCUT2D eigenvalue weighted by Crippen LogP contribution is 2.31. The summed E-state index contributed by atoms with van der Waals surface area (Å²) in [6, 6.07) is 8.85. The summed E-state index contributed by atoms with van der Waals surface area (Å²) >= 11 is 0. The molecule has 0 saturated carbocycles. The molecule has 1 aromatic carbocycles. The monoisotopic (exact) mass is 302 g/mol. The van der Waals surface area contributed by atoms with Gasteiger partial charge in [0.05, 0.1) is 6.04 Å². The first-order valence-electron chi connectivity index (χ1n) is 8.21.